The van der Waals surface area contributed by atoms with Gasteiger partial charge in [0.15, 0.2) is 18.1 Å². The summed E-state index contributed by atoms with van der Waals surface area (Å²) in [6, 6.07) is 5.77. The molecule has 0 aromatic heterocycles. The van der Waals surface area contributed by atoms with Crippen LogP contribution in [0, 0.1) is 0 Å². The Labute approximate surface area is 151 Å². The second-order valence-corrected chi connectivity index (χ2v) is 6.96. The number of carbonyl (C=O) groups excluding carboxylic acids is 1. The van der Waals surface area contributed by atoms with Gasteiger partial charge in [-0.2, -0.15) is 0 Å². The SMILES string of the molecule is CCNCCCNCc1ccc(OCC(=O)NC(C)(C)C)c(OC)c1. The largest absolute Gasteiger partial charge is 0.493 e. The number of rotatable bonds is 11. The molecule has 0 saturated carbocycles. The van der Waals surface area contributed by atoms with E-state index >= 15 is 0 Å². The second-order valence-electron chi connectivity index (χ2n) is 6.96. The number of carbonyl (C=O) groups is 1. The molecule has 3 N–H and O–H groups in total. The van der Waals surface area contributed by atoms with Gasteiger partial charge in [0.05, 0.1) is 7.11 Å². The standard InChI is InChI=1S/C19H33N3O3/c1-6-20-10-7-11-21-13-15-8-9-16(17(12-15)24-5)25-14-18(23)22-19(2,3)4/h8-9,12,20-21H,6-7,10-11,13-14H2,1-5H3,(H,22,23). The van der Waals surface area contributed by atoms with Gasteiger partial charge in [0.1, 0.15) is 0 Å². The van der Waals surface area contributed by atoms with Gasteiger partial charge in [-0.15, -0.1) is 0 Å². The third-order valence-electron chi connectivity index (χ3n) is 3.39. The molecule has 0 bridgehead atoms. The van der Waals surface area contributed by atoms with Crippen molar-refractivity contribution in [1.82, 2.24) is 16.0 Å². The molecule has 0 saturated heterocycles. The molecule has 0 spiro atoms. The molecular weight excluding hydrogens is 318 g/mol. The molecule has 0 fully saturated rings. The Balaban J connectivity index is 2.47. The van der Waals surface area contributed by atoms with Crippen molar-refractivity contribution in [2.45, 2.75) is 46.2 Å². The van der Waals surface area contributed by atoms with Crippen LogP contribution in [0.2, 0.25) is 0 Å². The third kappa shape index (κ3) is 9.31. The summed E-state index contributed by atoms with van der Waals surface area (Å²) in [5, 5.41) is 9.57. The number of hydrogen-bond donors (Lipinski definition) is 3. The summed E-state index contributed by atoms with van der Waals surface area (Å²) in [5.74, 6) is 1.05. The lowest BCUT2D eigenvalue weighted by atomic mass is 10.1. The van der Waals surface area contributed by atoms with E-state index in [9.17, 15) is 4.79 Å². The van der Waals surface area contributed by atoms with Gasteiger partial charge in [0.25, 0.3) is 5.91 Å². The summed E-state index contributed by atoms with van der Waals surface area (Å²) in [5.41, 5.74) is 0.846. The zero-order valence-corrected chi connectivity index (χ0v) is 16.2. The molecule has 6 heteroatoms. The lowest BCUT2D eigenvalue weighted by Crippen LogP contribution is -2.43. The summed E-state index contributed by atoms with van der Waals surface area (Å²) in [4.78, 5) is 11.9. The number of benzene rings is 1. The van der Waals surface area contributed by atoms with E-state index < -0.39 is 0 Å². The maximum Gasteiger partial charge on any atom is 0.258 e. The molecule has 1 rings (SSSR count). The van der Waals surface area contributed by atoms with Crippen molar-refractivity contribution in [1.29, 1.82) is 0 Å². The Kier molecular flexibility index (Phi) is 9.31. The fraction of sp³-hybridized carbons (Fsp3) is 0.632. The van der Waals surface area contributed by atoms with E-state index in [1.54, 1.807) is 7.11 Å². The van der Waals surface area contributed by atoms with Crippen molar-refractivity contribution in [2.75, 3.05) is 33.4 Å². The molecule has 142 valence electrons. The summed E-state index contributed by atoms with van der Waals surface area (Å²) >= 11 is 0. The Bertz CT molecular complexity index is 527. The first-order valence-corrected chi connectivity index (χ1v) is 8.88. The van der Waals surface area contributed by atoms with Crippen LogP contribution in [-0.4, -0.2) is 44.8 Å². The first-order valence-electron chi connectivity index (χ1n) is 8.88. The molecule has 1 aromatic rings. The van der Waals surface area contributed by atoms with Crippen LogP contribution >= 0.6 is 0 Å². The topological polar surface area (TPSA) is 71.6 Å². The summed E-state index contributed by atoms with van der Waals surface area (Å²) in [6.07, 6.45) is 1.09. The van der Waals surface area contributed by atoms with Crippen LogP contribution < -0.4 is 25.4 Å². The van der Waals surface area contributed by atoms with Crippen molar-refractivity contribution in [2.24, 2.45) is 0 Å². The highest BCUT2D eigenvalue weighted by atomic mass is 16.5. The van der Waals surface area contributed by atoms with Crippen LogP contribution in [0.25, 0.3) is 0 Å². The van der Waals surface area contributed by atoms with Gasteiger partial charge < -0.3 is 25.4 Å². The van der Waals surface area contributed by atoms with Crippen molar-refractivity contribution in [3.63, 3.8) is 0 Å². The van der Waals surface area contributed by atoms with Crippen molar-refractivity contribution < 1.29 is 14.3 Å². The molecule has 0 atom stereocenters. The molecule has 0 heterocycles. The first-order chi connectivity index (χ1) is 11.9. The zero-order chi connectivity index (χ0) is 18.7. The number of methoxy groups -OCH3 is 1. The quantitative estimate of drug-likeness (QED) is 0.533. The molecule has 1 amide bonds. The minimum atomic E-state index is -0.271. The van der Waals surface area contributed by atoms with Crippen molar-refractivity contribution in [3.05, 3.63) is 23.8 Å². The first kappa shape index (κ1) is 21.3. The minimum absolute atomic E-state index is 0.0321. The lowest BCUT2D eigenvalue weighted by Gasteiger charge is -2.20. The van der Waals surface area contributed by atoms with E-state index in [1.807, 2.05) is 39.0 Å². The van der Waals surface area contributed by atoms with Gasteiger partial charge in [0.2, 0.25) is 0 Å². The summed E-state index contributed by atoms with van der Waals surface area (Å²) < 4.78 is 11.0. The van der Waals surface area contributed by atoms with Gasteiger partial charge in [-0.3, -0.25) is 4.79 Å². The van der Waals surface area contributed by atoms with Crippen LogP contribution in [0.1, 0.15) is 39.7 Å². The van der Waals surface area contributed by atoms with Gasteiger partial charge in [-0.05, 0) is 64.5 Å². The fourth-order valence-corrected chi connectivity index (χ4v) is 2.29. The smallest absolute Gasteiger partial charge is 0.258 e. The van der Waals surface area contributed by atoms with Gasteiger partial charge in [0, 0.05) is 12.1 Å². The number of amides is 1. The van der Waals surface area contributed by atoms with Crippen LogP contribution in [0.4, 0.5) is 0 Å². The number of ether oxygens (including phenoxy) is 2. The molecular formula is C19H33N3O3. The maximum absolute atomic E-state index is 11.9. The zero-order valence-electron chi connectivity index (χ0n) is 16.2. The molecule has 1 aromatic carbocycles. The van der Waals surface area contributed by atoms with E-state index in [-0.39, 0.29) is 18.1 Å². The highest BCUT2D eigenvalue weighted by Crippen LogP contribution is 2.28. The second kappa shape index (κ2) is 10.9. The normalized spacial score (nSPS) is 11.2. The van der Waals surface area contributed by atoms with E-state index in [1.165, 1.54) is 0 Å². The number of nitrogens with one attached hydrogen (secondary N) is 3. The average Bonchev–Trinajstić information content (AvgIpc) is 2.55. The monoisotopic (exact) mass is 351 g/mol. The predicted octanol–water partition coefficient (Wildman–Crippen LogP) is 2.08. The Morgan fingerprint density at radius 3 is 2.48 bits per heavy atom. The summed E-state index contributed by atoms with van der Waals surface area (Å²) in [7, 11) is 1.60. The molecule has 0 unspecified atom stereocenters. The third-order valence-corrected chi connectivity index (χ3v) is 3.39. The van der Waals surface area contributed by atoms with Crippen molar-refractivity contribution in [3.8, 4) is 11.5 Å². The van der Waals surface area contributed by atoms with Gasteiger partial charge in [-0.25, -0.2) is 0 Å². The molecule has 0 aliphatic heterocycles. The molecule has 0 radical (unpaired) electrons. The Morgan fingerprint density at radius 2 is 1.84 bits per heavy atom. The van der Waals surface area contributed by atoms with Gasteiger partial charge >= 0.3 is 0 Å². The Hall–Kier alpha value is -1.79. The predicted molar refractivity (Wildman–Crippen MR) is 101 cm³/mol. The maximum atomic E-state index is 11.9. The van der Waals surface area contributed by atoms with Crippen molar-refractivity contribution >= 4 is 5.91 Å². The van der Waals surface area contributed by atoms with E-state index in [0.29, 0.717) is 11.5 Å². The Morgan fingerprint density at radius 1 is 1.12 bits per heavy atom. The minimum Gasteiger partial charge on any atom is -0.493 e. The molecule has 6 nitrogen and oxygen atoms in total. The van der Waals surface area contributed by atoms with E-state index in [4.69, 9.17) is 9.47 Å². The average molecular weight is 351 g/mol. The van der Waals surface area contributed by atoms with E-state index in [0.717, 1.165) is 38.2 Å². The molecule has 0 aliphatic carbocycles. The van der Waals surface area contributed by atoms with Crippen LogP contribution in [-0.2, 0) is 11.3 Å². The fourth-order valence-electron chi connectivity index (χ4n) is 2.29. The number of hydrogen-bond acceptors (Lipinski definition) is 5. The van der Waals surface area contributed by atoms with Gasteiger partial charge in [-0.1, -0.05) is 13.0 Å². The summed E-state index contributed by atoms with van der Waals surface area (Å²) in [6.45, 7) is 11.6. The molecule has 0 aliphatic rings. The van der Waals surface area contributed by atoms with E-state index in [2.05, 4.69) is 22.9 Å². The van der Waals surface area contributed by atoms with Crippen LogP contribution in [0.15, 0.2) is 18.2 Å². The lowest BCUT2D eigenvalue weighted by molar-refractivity contribution is -0.124. The molecule has 25 heavy (non-hydrogen) atoms. The highest BCUT2D eigenvalue weighted by Gasteiger charge is 2.15. The van der Waals surface area contributed by atoms with Crippen LogP contribution in [0.3, 0.4) is 0 Å². The highest BCUT2D eigenvalue weighted by molar-refractivity contribution is 5.78. The van der Waals surface area contributed by atoms with Crippen LogP contribution in [0.5, 0.6) is 11.5 Å².